The number of benzene rings is 1. The number of alkyl halides is 4. The van der Waals surface area contributed by atoms with Gasteiger partial charge in [-0.3, -0.25) is 0 Å². The molecule has 0 aliphatic carbocycles. The van der Waals surface area contributed by atoms with Gasteiger partial charge in [0.15, 0.2) is 0 Å². The van der Waals surface area contributed by atoms with Crippen molar-refractivity contribution in [1.82, 2.24) is 0 Å². The molecule has 0 amide bonds. The standard InChI is InChI=1S/C10H5Br2F3/c11-5-1-2-7-3-4-8(12)6-9(7)10(13,14)15/h3-4,6H,5H2. The van der Waals surface area contributed by atoms with Crippen LogP contribution >= 0.6 is 31.9 Å². The summed E-state index contributed by atoms with van der Waals surface area (Å²) >= 11 is 6.03. The second kappa shape index (κ2) is 5.04. The Kier molecular flexibility index (Phi) is 4.23. The van der Waals surface area contributed by atoms with Gasteiger partial charge in [0.1, 0.15) is 0 Å². The van der Waals surface area contributed by atoms with Crippen LogP contribution in [0.5, 0.6) is 0 Å². The maximum atomic E-state index is 12.6. The minimum atomic E-state index is -4.37. The molecule has 0 aliphatic heterocycles. The zero-order valence-electron chi connectivity index (χ0n) is 7.33. The second-order valence-electron chi connectivity index (χ2n) is 2.62. The lowest BCUT2D eigenvalue weighted by Crippen LogP contribution is -2.07. The van der Waals surface area contributed by atoms with Crippen LogP contribution in [0.1, 0.15) is 11.1 Å². The summed E-state index contributed by atoms with van der Waals surface area (Å²) in [5.74, 6) is 5.01. The van der Waals surface area contributed by atoms with Crippen LogP contribution in [0.4, 0.5) is 13.2 Å². The first-order valence-electron chi connectivity index (χ1n) is 3.86. The van der Waals surface area contributed by atoms with Gasteiger partial charge in [-0.05, 0) is 18.2 Å². The largest absolute Gasteiger partial charge is 0.417 e. The number of hydrogen-bond donors (Lipinski definition) is 0. The van der Waals surface area contributed by atoms with Gasteiger partial charge >= 0.3 is 6.18 Å². The van der Waals surface area contributed by atoms with Crippen molar-refractivity contribution in [3.8, 4) is 11.8 Å². The van der Waals surface area contributed by atoms with E-state index < -0.39 is 11.7 Å². The Bertz CT molecular complexity index is 413. The molecule has 1 rings (SSSR count). The van der Waals surface area contributed by atoms with Crippen molar-refractivity contribution in [2.45, 2.75) is 6.18 Å². The fourth-order valence-corrected chi connectivity index (χ4v) is 1.49. The van der Waals surface area contributed by atoms with Gasteiger partial charge in [-0.2, -0.15) is 13.2 Å². The maximum absolute atomic E-state index is 12.6. The quantitative estimate of drug-likeness (QED) is 0.489. The molecule has 0 atom stereocenters. The molecule has 0 heterocycles. The van der Waals surface area contributed by atoms with E-state index in [1.54, 1.807) is 0 Å². The summed E-state index contributed by atoms with van der Waals surface area (Å²) in [6.45, 7) is 0. The molecule has 80 valence electrons. The van der Waals surface area contributed by atoms with Crippen LogP contribution in [0.25, 0.3) is 0 Å². The summed E-state index contributed by atoms with van der Waals surface area (Å²) in [4.78, 5) is 0. The van der Waals surface area contributed by atoms with Crippen molar-refractivity contribution in [1.29, 1.82) is 0 Å². The molecule has 0 fully saturated rings. The predicted molar refractivity (Wildman–Crippen MR) is 59.8 cm³/mol. The molecule has 0 radical (unpaired) electrons. The fraction of sp³-hybridized carbons (Fsp3) is 0.200. The van der Waals surface area contributed by atoms with E-state index in [1.807, 2.05) is 0 Å². The smallest absolute Gasteiger partial charge is 0.166 e. The SMILES string of the molecule is FC(F)(F)c1cc(Br)ccc1C#CCBr. The highest BCUT2D eigenvalue weighted by molar-refractivity contribution is 9.10. The minimum Gasteiger partial charge on any atom is -0.166 e. The summed E-state index contributed by atoms with van der Waals surface area (Å²) in [5, 5.41) is 0.348. The molecule has 0 saturated carbocycles. The lowest BCUT2D eigenvalue weighted by Gasteiger charge is -2.09. The molecular formula is C10H5Br2F3. The van der Waals surface area contributed by atoms with E-state index in [2.05, 4.69) is 43.7 Å². The lowest BCUT2D eigenvalue weighted by molar-refractivity contribution is -0.137. The molecule has 1 aromatic carbocycles. The van der Waals surface area contributed by atoms with Crippen molar-refractivity contribution in [3.63, 3.8) is 0 Å². The number of hydrogen-bond acceptors (Lipinski definition) is 0. The zero-order chi connectivity index (χ0) is 11.5. The van der Waals surface area contributed by atoms with Crippen molar-refractivity contribution in [2.24, 2.45) is 0 Å². The Morgan fingerprint density at radius 1 is 1.27 bits per heavy atom. The van der Waals surface area contributed by atoms with Gasteiger partial charge in [-0.1, -0.05) is 43.7 Å². The van der Waals surface area contributed by atoms with Gasteiger partial charge in [-0.15, -0.1) is 0 Å². The normalized spacial score (nSPS) is 10.7. The first-order chi connectivity index (χ1) is 6.95. The molecule has 0 nitrogen and oxygen atoms in total. The van der Waals surface area contributed by atoms with Gasteiger partial charge in [0, 0.05) is 10.0 Å². The average molecular weight is 342 g/mol. The highest BCUT2D eigenvalue weighted by Crippen LogP contribution is 2.33. The molecule has 0 aromatic heterocycles. The van der Waals surface area contributed by atoms with Crippen LogP contribution in [-0.2, 0) is 6.18 Å². The van der Waals surface area contributed by atoms with Crippen molar-refractivity contribution in [2.75, 3.05) is 5.33 Å². The highest BCUT2D eigenvalue weighted by Gasteiger charge is 2.33. The van der Waals surface area contributed by atoms with E-state index in [1.165, 1.54) is 12.1 Å². The van der Waals surface area contributed by atoms with E-state index in [-0.39, 0.29) is 5.56 Å². The van der Waals surface area contributed by atoms with E-state index in [0.717, 1.165) is 6.07 Å². The Labute approximate surface area is 102 Å². The summed E-state index contributed by atoms with van der Waals surface area (Å²) < 4.78 is 38.1. The Morgan fingerprint density at radius 2 is 1.93 bits per heavy atom. The van der Waals surface area contributed by atoms with Crippen LogP contribution in [0.3, 0.4) is 0 Å². The van der Waals surface area contributed by atoms with E-state index >= 15 is 0 Å². The number of rotatable bonds is 0. The van der Waals surface area contributed by atoms with E-state index in [4.69, 9.17) is 0 Å². The second-order valence-corrected chi connectivity index (χ2v) is 4.10. The zero-order valence-corrected chi connectivity index (χ0v) is 10.5. The summed E-state index contributed by atoms with van der Waals surface area (Å²) in [6.07, 6.45) is -4.37. The topological polar surface area (TPSA) is 0 Å². The van der Waals surface area contributed by atoms with Gasteiger partial charge in [-0.25, -0.2) is 0 Å². The van der Waals surface area contributed by atoms with Crippen molar-refractivity contribution >= 4 is 31.9 Å². The van der Waals surface area contributed by atoms with Crippen LogP contribution in [0.15, 0.2) is 22.7 Å². The monoisotopic (exact) mass is 340 g/mol. The van der Waals surface area contributed by atoms with Gasteiger partial charge in [0.05, 0.1) is 10.9 Å². The molecule has 0 bridgehead atoms. The van der Waals surface area contributed by atoms with Gasteiger partial charge in [0.25, 0.3) is 0 Å². The molecule has 0 N–H and O–H groups in total. The summed E-state index contributed by atoms with van der Waals surface area (Å²) in [7, 11) is 0. The highest BCUT2D eigenvalue weighted by atomic mass is 79.9. The first-order valence-corrected chi connectivity index (χ1v) is 5.78. The van der Waals surface area contributed by atoms with Crippen LogP contribution < -0.4 is 0 Å². The molecular weight excluding hydrogens is 337 g/mol. The summed E-state index contributed by atoms with van der Waals surface area (Å²) in [5.41, 5.74) is -0.726. The molecule has 0 aliphatic rings. The Morgan fingerprint density at radius 3 is 2.47 bits per heavy atom. The molecule has 0 unspecified atom stereocenters. The molecule has 0 spiro atoms. The number of halogens is 5. The third-order valence-electron chi connectivity index (χ3n) is 1.58. The Balaban J connectivity index is 3.27. The average Bonchev–Trinajstić information content (AvgIpc) is 2.14. The first kappa shape index (κ1) is 12.6. The fourth-order valence-electron chi connectivity index (χ4n) is 0.989. The minimum absolute atomic E-state index is 0.00912. The predicted octanol–water partition coefficient (Wildman–Crippen LogP) is 4.21. The third kappa shape index (κ3) is 3.54. The molecule has 0 saturated heterocycles. The summed E-state index contributed by atoms with van der Waals surface area (Å²) in [6, 6.07) is 3.91. The lowest BCUT2D eigenvalue weighted by atomic mass is 10.1. The molecule has 1 aromatic rings. The van der Waals surface area contributed by atoms with Crippen LogP contribution in [0, 0.1) is 11.8 Å². The van der Waals surface area contributed by atoms with Crippen LogP contribution in [0.2, 0.25) is 0 Å². The van der Waals surface area contributed by atoms with Gasteiger partial charge in [0.2, 0.25) is 0 Å². The van der Waals surface area contributed by atoms with Gasteiger partial charge < -0.3 is 0 Å². The molecule has 5 heteroatoms. The van der Waals surface area contributed by atoms with Crippen molar-refractivity contribution in [3.05, 3.63) is 33.8 Å². The molecule has 15 heavy (non-hydrogen) atoms. The maximum Gasteiger partial charge on any atom is 0.417 e. The van der Waals surface area contributed by atoms with E-state index in [9.17, 15) is 13.2 Å². The van der Waals surface area contributed by atoms with Crippen LogP contribution in [-0.4, -0.2) is 5.33 Å². The Hall–Kier alpha value is -0.470. The third-order valence-corrected chi connectivity index (χ3v) is 2.35. The van der Waals surface area contributed by atoms with Crippen molar-refractivity contribution < 1.29 is 13.2 Å². The van der Waals surface area contributed by atoms with E-state index in [0.29, 0.717) is 9.80 Å².